The quantitative estimate of drug-likeness (QED) is 0.475. The van der Waals surface area contributed by atoms with E-state index in [-0.39, 0.29) is 12.4 Å². The van der Waals surface area contributed by atoms with Crippen LogP contribution >= 0.6 is 0 Å². The zero-order valence-corrected chi connectivity index (χ0v) is 9.83. The Labute approximate surface area is 104 Å². The summed E-state index contributed by atoms with van der Waals surface area (Å²) in [6.45, 7) is 0.512. The maximum Gasteiger partial charge on any atom is 0.188 e. The highest BCUT2D eigenvalue weighted by atomic mass is 19.1. The van der Waals surface area contributed by atoms with Crippen LogP contribution in [0.25, 0.3) is 0 Å². The number of hydrogen-bond donors (Lipinski definition) is 2. The first kappa shape index (κ1) is 12.6. The molecule has 2 rings (SSSR count). The molecule has 1 aromatic carbocycles. The van der Waals surface area contributed by atoms with Crippen LogP contribution in [0.5, 0.6) is 5.75 Å². The van der Waals surface area contributed by atoms with Gasteiger partial charge >= 0.3 is 0 Å². The lowest BCUT2D eigenvalue weighted by Gasteiger charge is -2.06. The van der Waals surface area contributed by atoms with Gasteiger partial charge in [0.25, 0.3) is 0 Å². The minimum Gasteiger partial charge on any atom is -0.489 e. The van der Waals surface area contributed by atoms with Gasteiger partial charge in [-0.1, -0.05) is 0 Å². The summed E-state index contributed by atoms with van der Waals surface area (Å²) < 4.78 is 30.9. The second-order valence-electron chi connectivity index (χ2n) is 4.11. The molecule has 0 aromatic heterocycles. The first-order valence-electron chi connectivity index (χ1n) is 5.79. The minimum atomic E-state index is -0.719. The van der Waals surface area contributed by atoms with Gasteiger partial charge in [0, 0.05) is 12.1 Å². The van der Waals surface area contributed by atoms with Crippen LogP contribution in [0.15, 0.2) is 23.2 Å². The van der Waals surface area contributed by atoms with Gasteiger partial charge in [-0.2, -0.15) is 0 Å². The minimum absolute atomic E-state index is 0.0142. The molecule has 0 spiro atoms. The van der Waals surface area contributed by atoms with E-state index in [0.29, 0.717) is 18.5 Å². The van der Waals surface area contributed by atoms with Crippen molar-refractivity contribution in [3.63, 3.8) is 0 Å². The fraction of sp³-hybridized carbons (Fsp3) is 0.417. The van der Waals surface area contributed by atoms with E-state index < -0.39 is 11.6 Å². The van der Waals surface area contributed by atoms with Gasteiger partial charge in [0.15, 0.2) is 17.5 Å². The Morgan fingerprint density at radius 2 is 2.22 bits per heavy atom. The van der Waals surface area contributed by atoms with Crippen molar-refractivity contribution in [2.24, 2.45) is 10.7 Å². The lowest BCUT2D eigenvalue weighted by atomic mass is 10.3. The number of aliphatic imine (C=N–C) groups is 1. The maximum absolute atomic E-state index is 13.2. The van der Waals surface area contributed by atoms with Crippen molar-refractivity contribution in [3.05, 3.63) is 29.8 Å². The van der Waals surface area contributed by atoms with E-state index >= 15 is 0 Å². The fourth-order valence-corrected chi connectivity index (χ4v) is 1.40. The SMILES string of the molecule is NC(=NCCOc1ccc(F)cc1F)NC1CC1. The molecule has 1 aliphatic rings. The normalized spacial score (nSPS) is 15.6. The molecule has 0 saturated heterocycles. The molecule has 6 heteroatoms. The van der Waals surface area contributed by atoms with Gasteiger partial charge in [0.1, 0.15) is 12.4 Å². The molecule has 3 N–H and O–H groups in total. The summed E-state index contributed by atoms with van der Waals surface area (Å²) in [6, 6.07) is 3.62. The smallest absolute Gasteiger partial charge is 0.188 e. The van der Waals surface area contributed by atoms with Crippen molar-refractivity contribution in [1.82, 2.24) is 5.32 Å². The third-order valence-electron chi connectivity index (χ3n) is 2.45. The van der Waals surface area contributed by atoms with E-state index in [1.54, 1.807) is 0 Å². The molecule has 0 heterocycles. The summed E-state index contributed by atoms with van der Waals surface area (Å²) in [5, 5.41) is 3.02. The van der Waals surface area contributed by atoms with Crippen LogP contribution in [0.1, 0.15) is 12.8 Å². The Morgan fingerprint density at radius 1 is 1.44 bits per heavy atom. The molecular formula is C12H15F2N3O. The lowest BCUT2D eigenvalue weighted by molar-refractivity contribution is 0.310. The van der Waals surface area contributed by atoms with Gasteiger partial charge < -0.3 is 15.8 Å². The first-order valence-corrected chi connectivity index (χ1v) is 5.79. The highest BCUT2D eigenvalue weighted by Crippen LogP contribution is 2.18. The summed E-state index contributed by atoms with van der Waals surface area (Å²) >= 11 is 0. The van der Waals surface area contributed by atoms with Gasteiger partial charge in [0.2, 0.25) is 0 Å². The van der Waals surface area contributed by atoms with Crippen molar-refractivity contribution in [1.29, 1.82) is 0 Å². The number of hydrogen-bond acceptors (Lipinski definition) is 2. The highest BCUT2D eigenvalue weighted by molar-refractivity contribution is 5.78. The molecule has 0 amide bonds. The Hall–Kier alpha value is -1.85. The molecule has 1 aliphatic carbocycles. The highest BCUT2D eigenvalue weighted by Gasteiger charge is 2.21. The van der Waals surface area contributed by atoms with Gasteiger partial charge in [-0.25, -0.2) is 13.8 Å². The standard InChI is InChI=1S/C12H15F2N3O/c13-8-1-4-11(10(14)7-8)18-6-5-16-12(15)17-9-2-3-9/h1,4,7,9H,2-3,5-6H2,(H3,15,16,17). The molecular weight excluding hydrogens is 240 g/mol. The van der Waals surface area contributed by atoms with Crippen molar-refractivity contribution in [3.8, 4) is 5.75 Å². The number of rotatable bonds is 5. The molecule has 0 atom stereocenters. The topological polar surface area (TPSA) is 59.6 Å². The number of nitrogens with zero attached hydrogens (tertiary/aromatic N) is 1. The van der Waals surface area contributed by atoms with E-state index in [9.17, 15) is 8.78 Å². The van der Waals surface area contributed by atoms with E-state index in [0.717, 1.165) is 25.0 Å². The number of ether oxygens (including phenoxy) is 1. The molecule has 0 radical (unpaired) electrons. The Balaban J connectivity index is 1.74. The maximum atomic E-state index is 13.2. The molecule has 0 aliphatic heterocycles. The third kappa shape index (κ3) is 3.87. The van der Waals surface area contributed by atoms with Crippen LogP contribution in [0, 0.1) is 11.6 Å². The van der Waals surface area contributed by atoms with Crippen LogP contribution in [0.2, 0.25) is 0 Å². The number of halogens is 2. The summed E-state index contributed by atoms with van der Waals surface area (Å²) in [6.07, 6.45) is 2.24. The molecule has 0 unspecified atom stereocenters. The molecule has 1 saturated carbocycles. The van der Waals surface area contributed by atoms with Crippen molar-refractivity contribution >= 4 is 5.96 Å². The number of nitrogens with one attached hydrogen (secondary N) is 1. The van der Waals surface area contributed by atoms with Crippen LogP contribution in [0.4, 0.5) is 8.78 Å². The average Bonchev–Trinajstić information content (AvgIpc) is 3.10. The predicted molar refractivity (Wildman–Crippen MR) is 64.5 cm³/mol. The lowest BCUT2D eigenvalue weighted by Crippen LogP contribution is -2.33. The Bertz CT molecular complexity index is 447. The van der Waals surface area contributed by atoms with Crippen LogP contribution in [-0.4, -0.2) is 25.2 Å². The zero-order valence-electron chi connectivity index (χ0n) is 9.83. The van der Waals surface area contributed by atoms with Gasteiger partial charge in [-0.15, -0.1) is 0 Å². The van der Waals surface area contributed by atoms with Crippen LogP contribution < -0.4 is 15.8 Å². The summed E-state index contributed by atoms with van der Waals surface area (Å²) in [4.78, 5) is 4.03. The molecule has 0 bridgehead atoms. The van der Waals surface area contributed by atoms with Crippen LogP contribution in [0.3, 0.4) is 0 Å². The van der Waals surface area contributed by atoms with Crippen molar-refractivity contribution < 1.29 is 13.5 Å². The Kier molecular flexibility index (Phi) is 3.96. The average molecular weight is 255 g/mol. The molecule has 18 heavy (non-hydrogen) atoms. The van der Waals surface area contributed by atoms with Crippen LogP contribution in [-0.2, 0) is 0 Å². The summed E-state index contributed by atoms with van der Waals surface area (Å²) in [5.74, 6) is -0.959. The molecule has 4 nitrogen and oxygen atoms in total. The van der Waals surface area contributed by atoms with Gasteiger partial charge in [-0.3, -0.25) is 0 Å². The first-order chi connectivity index (χ1) is 8.65. The van der Waals surface area contributed by atoms with Gasteiger partial charge in [0.05, 0.1) is 6.54 Å². The number of nitrogens with two attached hydrogens (primary N) is 1. The van der Waals surface area contributed by atoms with E-state index in [4.69, 9.17) is 10.5 Å². The predicted octanol–water partition coefficient (Wildman–Crippen LogP) is 1.41. The van der Waals surface area contributed by atoms with E-state index in [1.807, 2.05) is 0 Å². The molecule has 1 fully saturated rings. The summed E-state index contributed by atoms with van der Waals surface area (Å²) in [5.41, 5.74) is 5.60. The number of guanidine groups is 1. The molecule has 1 aromatic rings. The van der Waals surface area contributed by atoms with E-state index in [1.165, 1.54) is 6.07 Å². The fourth-order valence-electron chi connectivity index (χ4n) is 1.40. The molecule has 98 valence electrons. The van der Waals surface area contributed by atoms with Crippen molar-refractivity contribution in [2.45, 2.75) is 18.9 Å². The number of benzene rings is 1. The second kappa shape index (κ2) is 5.66. The zero-order chi connectivity index (χ0) is 13.0. The third-order valence-corrected chi connectivity index (χ3v) is 2.45. The monoisotopic (exact) mass is 255 g/mol. The van der Waals surface area contributed by atoms with Crippen molar-refractivity contribution in [2.75, 3.05) is 13.2 Å². The van der Waals surface area contributed by atoms with Gasteiger partial charge in [-0.05, 0) is 25.0 Å². The largest absolute Gasteiger partial charge is 0.489 e. The summed E-state index contributed by atoms with van der Waals surface area (Å²) in [7, 11) is 0. The Morgan fingerprint density at radius 3 is 2.89 bits per heavy atom. The van der Waals surface area contributed by atoms with E-state index in [2.05, 4.69) is 10.3 Å². The second-order valence-corrected chi connectivity index (χ2v) is 4.11.